The Balaban J connectivity index is 1.91. The van der Waals surface area contributed by atoms with E-state index in [-0.39, 0.29) is 0 Å². The minimum atomic E-state index is 0.624. The van der Waals surface area contributed by atoms with E-state index >= 15 is 0 Å². The summed E-state index contributed by atoms with van der Waals surface area (Å²) >= 11 is 3.43. The monoisotopic (exact) mass is 274 g/mol. The number of aromatic nitrogens is 2. The molecule has 2 aromatic rings. The Bertz CT molecular complexity index is 486. The number of rotatable bonds is 2. The van der Waals surface area contributed by atoms with Crippen LogP contribution in [-0.4, -0.2) is 9.97 Å². The standard InChI is InChI=1S/C13H11BrN2/c14-12-5-3-9(4-6-12)11-7-15-13(16-8-11)10-1-2-10/h3-8,10H,1-2H2. The van der Waals surface area contributed by atoms with E-state index in [9.17, 15) is 0 Å². The highest BCUT2D eigenvalue weighted by Crippen LogP contribution is 2.37. The summed E-state index contributed by atoms with van der Waals surface area (Å²) in [7, 11) is 0. The molecule has 3 heteroatoms. The second-order valence-corrected chi connectivity index (χ2v) is 5.03. The molecule has 0 spiro atoms. The van der Waals surface area contributed by atoms with Crippen molar-refractivity contribution in [2.45, 2.75) is 18.8 Å². The van der Waals surface area contributed by atoms with Crippen LogP contribution in [0.1, 0.15) is 24.6 Å². The molecule has 1 saturated carbocycles. The van der Waals surface area contributed by atoms with Gasteiger partial charge in [-0.05, 0) is 30.5 Å². The van der Waals surface area contributed by atoms with Gasteiger partial charge in [0.1, 0.15) is 5.82 Å². The Morgan fingerprint density at radius 1 is 0.938 bits per heavy atom. The first-order valence-electron chi connectivity index (χ1n) is 5.41. The summed E-state index contributed by atoms with van der Waals surface area (Å²) < 4.78 is 1.09. The highest BCUT2D eigenvalue weighted by molar-refractivity contribution is 9.10. The van der Waals surface area contributed by atoms with E-state index in [2.05, 4.69) is 38.0 Å². The van der Waals surface area contributed by atoms with Gasteiger partial charge in [0.25, 0.3) is 0 Å². The van der Waals surface area contributed by atoms with Crippen LogP contribution in [0.15, 0.2) is 41.1 Å². The van der Waals surface area contributed by atoms with Crippen LogP contribution in [0.5, 0.6) is 0 Å². The Kier molecular flexibility index (Phi) is 2.48. The third-order valence-electron chi connectivity index (χ3n) is 2.79. The third kappa shape index (κ3) is 2.00. The molecule has 0 aliphatic heterocycles. The first-order valence-corrected chi connectivity index (χ1v) is 6.20. The predicted octanol–water partition coefficient (Wildman–Crippen LogP) is 3.78. The highest BCUT2D eigenvalue weighted by Gasteiger charge is 2.26. The lowest BCUT2D eigenvalue weighted by molar-refractivity contribution is 0.928. The van der Waals surface area contributed by atoms with Crippen molar-refractivity contribution < 1.29 is 0 Å². The molecule has 0 saturated heterocycles. The van der Waals surface area contributed by atoms with Crippen LogP contribution in [0.3, 0.4) is 0 Å². The zero-order chi connectivity index (χ0) is 11.0. The molecule has 2 nitrogen and oxygen atoms in total. The van der Waals surface area contributed by atoms with E-state index in [0.29, 0.717) is 5.92 Å². The van der Waals surface area contributed by atoms with Crippen molar-refractivity contribution >= 4 is 15.9 Å². The fraction of sp³-hybridized carbons (Fsp3) is 0.231. The first kappa shape index (κ1) is 9.97. The molecule has 1 fully saturated rings. The normalized spacial score (nSPS) is 15.1. The summed E-state index contributed by atoms with van der Waals surface area (Å²) in [5.74, 6) is 1.62. The van der Waals surface area contributed by atoms with Crippen molar-refractivity contribution in [2.24, 2.45) is 0 Å². The van der Waals surface area contributed by atoms with E-state index in [1.54, 1.807) is 0 Å². The second kappa shape index (κ2) is 3.98. The van der Waals surface area contributed by atoms with E-state index in [0.717, 1.165) is 21.4 Å². The van der Waals surface area contributed by atoms with Crippen molar-refractivity contribution in [1.29, 1.82) is 0 Å². The fourth-order valence-corrected chi connectivity index (χ4v) is 1.95. The lowest BCUT2D eigenvalue weighted by Crippen LogP contribution is -1.91. The summed E-state index contributed by atoms with van der Waals surface area (Å²) in [5.41, 5.74) is 2.24. The minimum absolute atomic E-state index is 0.624. The van der Waals surface area contributed by atoms with E-state index < -0.39 is 0 Å². The van der Waals surface area contributed by atoms with Gasteiger partial charge in [0.05, 0.1) is 0 Å². The zero-order valence-corrected chi connectivity index (χ0v) is 10.3. The molecule has 16 heavy (non-hydrogen) atoms. The Morgan fingerprint density at radius 2 is 1.56 bits per heavy atom. The SMILES string of the molecule is Brc1ccc(-c2cnc(C3CC3)nc2)cc1. The molecule has 1 aliphatic rings. The van der Waals surface area contributed by atoms with E-state index in [1.165, 1.54) is 12.8 Å². The molecule has 1 aromatic heterocycles. The van der Waals surface area contributed by atoms with Crippen molar-refractivity contribution in [1.82, 2.24) is 9.97 Å². The topological polar surface area (TPSA) is 25.8 Å². The van der Waals surface area contributed by atoms with Crippen LogP contribution in [0, 0.1) is 0 Å². The van der Waals surface area contributed by atoms with Crippen molar-refractivity contribution in [3.63, 3.8) is 0 Å². The van der Waals surface area contributed by atoms with Crippen LogP contribution >= 0.6 is 15.9 Å². The number of hydrogen-bond donors (Lipinski definition) is 0. The van der Waals surface area contributed by atoms with Crippen molar-refractivity contribution in [2.75, 3.05) is 0 Å². The van der Waals surface area contributed by atoms with Gasteiger partial charge in [0, 0.05) is 28.3 Å². The van der Waals surface area contributed by atoms with Gasteiger partial charge in [-0.3, -0.25) is 0 Å². The summed E-state index contributed by atoms with van der Waals surface area (Å²) in [5, 5.41) is 0. The molecular formula is C13H11BrN2. The number of nitrogens with zero attached hydrogens (tertiary/aromatic N) is 2. The maximum atomic E-state index is 4.42. The lowest BCUT2D eigenvalue weighted by atomic mass is 10.1. The largest absolute Gasteiger partial charge is 0.240 e. The number of halogens is 1. The van der Waals surface area contributed by atoms with Crippen molar-refractivity contribution in [3.05, 3.63) is 47.0 Å². The predicted molar refractivity (Wildman–Crippen MR) is 67.1 cm³/mol. The van der Waals surface area contributed by atoms with Crippen LogP contribution in [-0.2, 0) is 0 Å². The molecule has 1 aromatic carbocycles. The molecule has 0 N–H and O–H groups in total. The van der Waals surface area contributed by atoms with Gasteiger partial charge in [-0.2, -0.15) is 0 Å². The summed E-state index contributed by atoms with van der Waals surface area (Å²) in [6.45, 7) is 0. The zero-order valence-electron chi connectivity index (χ0n) is 8.73. The highest BCUT2D eigenvalue weighted by atomic mass is 79.9. The van der Waals surface area contributed by atoms with Gasteiger partial charge in [0.15, 0.2) is 0 Å². The maximum absolute atomic E-state index is 4.42. The van der Waals surface area contributed by atoms with Gasteiger partial charge in [-0.25, -0.2) is 9.97 Å². The van der Waals surface area contributed by atoms with Crippen LogP contribution in [0.25, 0.3) is 11.1 Å². The summed E-state index contributed by atoms with van der Waals surface area (Å²) in [4.78, 5) is 8.83. The molecule has 1 heterocycles. The van der Waals surface area contributed by atoms with Gasteiger partial charge in [-0.15, -0.1) is 0 Å². The number of hydrogen-bond acceptors (Lipinski definition) is 2. The van der Waals surface area contributed by atoms with Crippen LogP contribution in [0.4, 0.5) is 0 Å². The average molecular weight is 275 g/mol. The smallest absolute Gasteiger partial charge is 0.131 e. The van der Waals surface area contributed by atoms with Gasteiger partial charge < -0.3 is 0 Å². The Morgan fingerprint density at radius 3 is 2.12 bits per heavy atom. The molecular weight excluding hydrogens is 264 g/mol. The number of benzene rings is 1. The summed E-state index contributed by atoms with van der Waals surface area (Å²) in [6, 6.07) is 8.20. The summed E-state index contributed by atoms with van der Waals surface area (Å²) in [6.07, 6.45) is 6.34. The molecule has 1 aliphatic carbocycles. The molecule has 3 rings (SSSR count). The van der Waals surface area contributed by atoms with Crippen molar-refractivity contribution in [3.8, 4) is 11.1 Å². The van der Waals surface area contributed by atoms with Gasteiger partial charge >= 0.3 is 0 Å². The second-order valence-electron chi connectivity index (χ2n) is 4.11. The Labute approximate surface area is 103 Å². The third-order valence-corrected chi connectivity index (χ3v) is 3.32. The molecule has 0 radical (unpaired) electrons. The fourth-order valence-electron chi connectivity index (χ4n) is 1.68. The van der Waals surface area contributed by atoms with E-state index in [1.807, 2.05) is 24.5 Å². The molecule has 0 bridgehead atoms. The average Bonchev–Trinajstić information content (AvgIpc) is 3.14. The van der Waals surface area contributed by atoms with Crippen LogP contribution in [0.2, 0.25) is 0 Å². The minimum Gasteiger partial charge on any atom is -0.240 e. The Hall–Kier alpha value is -1.22. The van der Waals surface area contributed by atoms with Gasteiger partial charge in [0.2, 0.25) is 0 Å². The molecule has 80 valence electrons. The molecule has 0 unspecified atom stereocenters. The lowest BCUT2D eigenvalue weighted by Gasteiger charge is -2.02. The molecule has 0 atom stereocenters. The van der Waals surface area contributed by atoms with Crippen LogP contribution < -0.4 is 0 Å². The maximum Gasteiger partial charge on any atom is 0.131 e. The van der Waals surface area contributed by atoms with E-state index in [4.69, 9.17) is 0 Å². The molecule has 0 amide bonds. The first-order chi connectivity index (χ1) is 7.83. The van der Waals surface area contributed by atoms with Gasteiger partial charge in [-0.1, -0.05) is 28.1 Å². The quantitative estimate of drug-likeness (QED) is 0.833.